The van der Waals surface area contributed by atoms with Crippen LogP contribution in [0.15, 0.2) is 75.9 Å². The summed E-state index contributed by atoms with van der Waals surface area (Å²) in [4.78, 5) is 21.0. The molecule has 4 aromatic rings. The number of hydrazone groups is 1. The van der Waals surface area contributed by atoms with Crippen molar-refractivity contribution in [2.75, 3.05) is 7.11 Å². The van der Waals surface area contributed by atoms with Crippen molar-refractivity contribution in [1.29, 1.82) is 0 Å². The van der Waals surface area contributed by atoms with E-state index < -0.39 is 18.3 Å². The zero-order valence-electron chi connectivity index (χ0n) is 20.1. The largest absolute Gasteiger partial charge is 0.495 e. The molecule has 0 aliphatic carbocycles. The summed E-state index contributed by atoms with van der Waals surface area (Å²) in [6, 6.07) is 12.5. The number of hydrogen-bond acceptors (Lipinski definition) is 7. The second-order valence-electron chi connectivity index (χ2n) is 8.08. The molecule has 4 rings (SSSR count). The van der Waals surface area contributed by atoms with E-state index in [0.29, 0.717) is 26.6 Å². The average Bonchev–Trinajstić information content (AvgIpc) is 3.30. The molecule has 0 saturated carbocycles. The summed E-state index contributed by atoms with van der Waals surface area (Å²) in [6.07, 6.45) is 0.126. The van der Waals surface area contributed by atoms with Crippen molar-refractivity contribution in [3.63, 3.8) is 0 Å². The lowest BCUT2D eigenvalue weighted by atomic mass is 10.1. The van der Waals surface area contributed by atoms with E-state index in [1.54, 1.807) is 47.3 Å². The molecule has 13 heteroatoms. The van der Waals surface area contributed by atoms with Crippen LogP contribution in [-0.2, 0) is 6.54 Å². The molecule has 0 unspecified atom stereocenters. The van der Waals surface area contributed by atoms with Crippen LogP contribution in [0, 0.1) is 6.92 Å². The van der Waals surface area contributed by atoms with Gasteiger partial charge in [0.1, 0.15) is 23.7 Å². The molecule has 2 aromatic heterocycles. The van der Waals surface area contributed by atoms with Gasteiger partial charge >= 0.3 is 6.18 Å². The minimum absolute atomic E-state index is 0.00863. The van der Waals surface area contributed by atoms with Crippen LogP contribution in [0.4, 0.5) is 18.9 Å². The first kappa shape index (κ1) is 26.6. The van der Waals surface area contributed by atoms with Crippen molar-refractivity contribution < 1.29 is 17.9 Å². The van der Waals surface area contributed by atoms with E-state index in [4.69, 9.17) is 22.2 Å². The summed E-state index contributed by atoms with van der Waals surface area (Å²) < 4.78 is 46.7. The first-order chi connectivity index (χ1) is 18.1. The molecule has 0 aliphatic heterocycles. The number of nitrogens with zero attached hydrogens (tertiary/aromatic N) is 6. The van der Waals surface area contributed by atoms with E-state index in [-0.39, 0.29) is 17.1 Å². The van der Waals surface area contributed by atoms with Crippen molar-refractivity contribution >= 4 is 29.2 Å². The van der Waals surface area contributed by atoms with Crippen molar-refractivity contribution in [2.24, 2.45) is 15.9 Å². The van der Waals surface area contributed by atoms with Gasteiger partial charge in [0.25, 0.3) is 5.56 Å². The molecular formula is C25H21ClF3N7O2. The third-order valence-electron chi connectivity index (χ3n) is 5.34. The molecule has 0 atom stereocenters. The summed E-state index contributed by atoms with van der Waals surface area (Å²) >= 11 is 6.07. The van der Waals surface area contributed by atoms with Crippen LogP contribution in [-0.4, -0.2) is 44.5 Å². The number of aliphatic imine (C=N–C) groups is 1. The Hall–Kier alpha value is -4.45. The van der Waals surface area contributed by atoms with Crippen LogP contribution in [0.1, 0.15) is 11.3 Å². The van der Waals surface area contributed by atoms with Crippen LogP contribution < -0.4 is 16.1 Å². The predicted molar refractivity (Wildman–Crippen MR) is 139 cm³/mol. The standard InChI is InChI=1S/C25H21ClF3N7O2/c1-15-12-35(14-32-15)21-7-6-16(9-22(21)38-2)20(33-30)11-31-19-10-23(37)36(13-25(27,28)29)34-24(19)17-4-3-5-18(26)8-17/h3-12,14H,13,30H2,1-2H3. The number of benzene rings is 2. The molecule has 38 heavy (non-hydrogen) atoms. The normalized spacial score (nSPS) is 12.3. The summed E-state index contributed by atoms with van der Waals surface area (Å²) in [5.74, 6) is 6.13. The van der Waals surface area contributed by atoms with Gasteiger partial charge in [0.05, 0.1) is 36.7 Å². The number of rotatable bonds is 7. The van der Waals surface area contributed by atoms with E-state index in [2.05, 4.69) is 20.2 Å². The Morgan fingerprint density at radius 1 is 1.21 bits per heavy atom. The topological polar surface area (TPSA) is 113 Å². The fourth-order valence-electron chi connectivity index (χ4n) is 3.62. The molecule has 9 nitrogen and oxygen atoms in total. The van der Waals surface area contributed by atoms with Gasteiger partial charge in [-0.3, -0.25) is 9.79 Å². The van der Waals surface area contributed by atoms with Gasteiger partial charge in [0.15, 0.2) is 0 Å². The molecule has 196 valence electrons. The molecule has 0 spiro atoms. The Labute approximate surface area is 219 Å². The lowest BCUT2D eigenvalue weighted by Crippen LogP contribution is -2.30. The first-order valence-electron chi connectivity index (χ1n) is 11.0. The molecule has 0 saturated heterocycles. The van der Waals surface area contributed by atoms with Crippen LogP contribution in [0.2, 0.25) is 5.02 Å². The number of imidazole rings is 1. The van der Waals surface area contributed by atoms with Gasteiger partial charge in [-0.05, 0) is 31.2 Å². The molecular weight excluding hydrogens is 523 g/mol. The van der Waals surface area contributed by atoms with Gasteiger partial charge in [0, 0.05) is 28.4 Å². The number of halogens is 4. The zero-order valence-corrected chi connectivity index (χ0v) is 20.9. The number of methoxy groups -OCH3 is 1. The zero-order chi connectivity index (χ0) is 27.4. The minimum atomic E-state index is -4.65. The molecule has 0 radical (unpaired) electrons. The summed E-state index contributed by atoms with van der Waals surface area (Å²) in [7, 11) is 1.51. The quantitative estimate of drug-likeness (QED) is 0.206. The SMILES string of the molecule is COc1cc(C(C=Nc2cc(=O)n(CC(F)(F)F)nc2-c2cccc(Cl)c2)=NN)ccc1-n1cnc(C)c1. The number of nitrogens with two attached hydrogens (primary N) is 1. The fourth-order valence-corrected chi connectivity index (χ4v) is 3.81. The third kappa shape index (κ3) is 6.09. The number of ether oxygens (including phenoxy) is 1. The maximum absolute atomic E-state index is 13.0. The second kappa shape index (κ2) is 10.9. The van der Waals surface area contributed by atoms with E-state index >= 15 is 0 Å². The van der Waals surface area contributed by atoms with Gasteiger partial charge < -0.3 is 15.1 Å². The maximum atomic E-state index is 13.0. The summed E-state index contributed by atoms with van der Waals surface area (Å²) in [5.41, 5.74) is 1.73. The minimum Gasteiger partial charge on any atom is -0.495 e. The maximum Gasteiger partial charge on any atom is 0.408 e. The van der Waals surface area contributed by atoms with Crippen molar-refractivity contribution in [1.82, 2.24) is 19.3 Å². The molecule has 0 amide bonds. The van der Waals surface area contributed by atoms with E-state index in [1.807, 2.05) is 13.1 Å². The summed E-state index contributed by atoms with van der Waals surface area (Å²) in [5, 5.41) is 8.04. The monoisotopic (exact) mass is 543 g/mol. The molecule has 2 N–H and O–H groups in total. The Morgan fingerprint density at radius 2 is 2.00 bits per heavy atom. The number of alkyl halides is 3. The number of aromatic nitrogens is 4. The third-order valence-corrected chi connectivity index (χ3v) is 5.57. The first-order valence-corrected chi connectivity index (χ1v) is 11.4. The Bertz CT molecular complexity index is 1590. The van der Waals surface area contributed by atoms with E-state index in [9.17, 15) is 18.0 Å². The highest BCUT2D eigenvalue weighted by Crippen LogP contribution is 2.29. The van der Waals surface area contributed by atoms with E-state index in [0.717, 1.165) is 17.4 Å². The highest BCUT2D eigenvalue weighted by atomic mass is 35.5. The lowest BCUT2D eigenvalue weighted by Gasteiger charge is -2.12. The Balaban J connectivity index is 1.75. The Kier molecular flexibility index (Phi) is 7.62. The molecule has 0 fully saturated rings. The van der Waals surface area contributed by atoms with Gasteiger partial charge in [-0.25, -0.2) is 9.67 Å². The average molecular weight is 544 g/mol. The highest BCUT2D eigenvalue weighted by molar-refractivity contribution is 6.38. The molecule has 0 aliphatic rings. The van der Waals surface area contributed by atoms with Gasteiger partial charge in [-0.1, -0.05) is 29.8 Å². The van der Waals surface area contributed by atoms with Crippen molar-refractivity contribution in [2.45, 2.75) is 19.6 Å². The predicted octanol–water partition coefficient (Wildman–Crippen LogP) is 4.69. The van der Waals surface area contributed by atoms with Gasteiger partial charge in [-0.15, -0.1) is 0 Å². The highest BCUT2D eigenvalue weighted by Gasteiger charge is 2.29. The number of hydrogen-bond donors (Lipinski definition) is 1. The van der Waals surface area contributed by atoms with Crippen LogP contribution in [0.25, 0.3) is 16.9 Å². The van der Waals surface area contributed by atoms with Crippen molar-refractivity contribution in [3.8, 4) is 22.7 Å². The molecule has 2 heterocycles. The van der Waals surface area contributed by atoms with Crippen LogP contribution >= 0.6 is 11.6 Å². The Morgan fingerprint density at radius 3 is 2.63 bits per heavy atom. The van der Waals surface area contributed by atoms with E-state index in [1.165, 1.54) is 19.4 Å². The summed E-state index contributed by atoms with van der Waals surface area (Å²) in [6.45, 7) is 0.308. The molecule has 0 bridgehead atoms. The lowest BCUT2D eigenvalue weighted by molar-refractivity contribution is -0.143. The number of aryl methyl sites for hydroxylation is 1. The second-order valence-corrected chi connectivity index (χ2v) is 8.52. The van der Waals surface area contributed by atoms with Gasteiger partial charge in [-0.2, -0.15) is 23.4 Å². The van der Waals surface area contributed by atoms with Crippen LogP contribution in [0.3, 0.4) is 0 Å². The van der Waals surface area contributed by atoms with Crippen LogP contribution in [0.5, 0.6) is 5.75 Å². The fraction of sp³-hybridized carbons (Fsp3) is 0.160. The van der Waals surface area contributed by atoms with Crippen molar-refractivity contribution in [3.05, 3.63) is 87.7 Å². The smallest absolute Gasteiger partial charge is 0.408 e. The molecule has 2 aromatic carbocycles. The van der Waals surface area contributed by atoms with Gasteiger partial charge in [0.2, 0.25) is 0 Å².